The standard InChI is InChI=1S/C25H33NO8/c1-24-8-6-15-23(30)34-18(14-7-9-32-13-14)11-25(15,2)21(24)20(28)17(10-16(24)22(29)31-5)33-19(27)12-26(3)4/h7,9,13,15-18,21H,6,8,10-12H2,1-5H3/t15-,16-,17-,18-,21?,24-,25-/m0/s1. The third-order valence-electron chi connectivity index (χ3n) is 8.22. The van der Waals surface area contributed by atoms with Gasteiger partial charge in [-0.2, -0.15) is 0 Å². The minimum Gasteiger partial charge on any atom is -0.472 e. The van der Waals surface area contributed by atoms with Crippen molar-refractivity contribution in [3.8, 4) is 0 Å². The molecule has 0 spiro atoms. The summed E-state index contributed by atoms with van der Waals surface area (Å²) in [6.45, 7) is 3.89. The Kier molecular flexibility index (Phi) is 6.35. The Morgan fingerprint density at radius 1 is 1.21 bits per heavy atom. The van der Waals surface area contributed by atoms with Crippen LogP contribution in [0, 0.1) is 28.6 Å². The van der Waals surface area contributed by atoms with Crippen molar-refractivity contribution in [2.75, 3.05) is 27.7 Å². The number of cyclic esters (lactones) is 1. The Morgan fingerprint density at radius 2 is 1.94 bits per heavy atom. The van der Waals surface area contributed by atoms with Gasteiger partial charge in [-0.15, -0.1) is 0 Å². The molecule has 186 valence electrons. The maximum absolute atomic E-state index is 14.0. The summed E-state index contributed by atoms with van der Waals surface area (Å²) in [5.74, 6) is -3.37. The highest BCUT2D eigenvalue weighted by atomic mass is 16.6. The molecule has 4 rings (SSSR count). The molecule has 9 heteroatoms. The van der Waals surface area contributed by atoms with E-state index in [0.29, 0.717) is 19.3 Å². The maximum Gasteiger partial charge on any atom is 0.320 e. The average molecular weight is 476 g/mol. The molecule has 0 N–H and O–H groups in total. The molecule has 1 aromatic rings. The van der Waals surface area contributed by atoms with Crippen LogP contribution in [0.25, 0.3) is 0 Å². The number of ether oxygens (including phenoxy) is 3. The van der Waals surface area contributed by atoms with Crippen molar-refractivity contribution in [2.24, 2.45) is 28.6 Å². The summed E-state index contributed by atoms with van der Waals surface area (Å²) in [4.78, 5) is 54.2. The van der Waals surface area contributed by atoms with Crippen LogP contribution in [-0.2, 0) is 33.4 Å². The van der Waals surface area contributed by atoms with Gasteiger partial charge in [-0.25, -0.2) is 0 Å². The van der Waals surface area contributed by atoms with Crippen LogP contribution < -0.4 is 0 Å². The molecule has 2 saturated carbocycles. The zero-order valence-electron chi connectivity index (χ0n) is 20.4. The third-order valence-corrected chi connectivity index (χ3v) is 8.22. The predicted octanol–water partition coefficient (Wildman–Crippen LogP) is 2.54. The number of methoxy groups -OCH3 is 1. The fraction of sp³-hybridized carbons (Fsp3) is 0.680. The van der Waals surface area contributed by atoms with Crippen LogP contribution in [0.5, 0.6) is 0 Å². The summed E-state index contributed by atoms with van der Waals surface area (Å²) in [5, 5.41) is 0. The first-order valence-corrected chi connectivity index (χ1v) is 11.7. The lowest BCUT2D eigenvalue weighted by Crippen LogP contribution is -2.64. The number of hydrogen-bond donors (Lipinski definition) is 0. The summed E-state index contributed by atoms with van der Waals surface area (Å²) < 4.78 is 21.7. The number of furan rings is 1. The molecule has 1 unspecified atom stereocenters. The molecule has 7 atom stereocenters. The SMILES string of the molecule is COC(=O)[C@@H]1C[C@H](OC(=O)CN(C)C)C(=O)C2[C@@]1(C)CC[C@H]1C(=O)O[C@H](c3ccoc3)C[C@]21C. The monoisotopic (exact) mass is 475 g/mol. The van der Waals surface area contributed by atoms with Gasteiger partial charge in [0.15, 0.2) is 11.9 Å². The lowest BCUT2D eigenvalue weighted by atomic mass is 9.43. The Balaban J connectivity index is 1.74. The zero-order chi connectivity index (χ0) is 24.8. The zero-order valence-corrected chi connectivity index (χ0v) is 20.4. The van der Waals surface area contributed by atoms with Gasteiger partial charge >= 0.3 is 17.9 Å². The van der Waals surface area contributed by atoms with E-state index in [0.717, 1.165) is 5.56 Å². The first-order chi connectivity index (χ1) is 16.0. The van der Waals surface area contributed by atoms with Crippen molar-refractivity contribution in [3.05, 3.63) is 24.2 Å². The third kappa shape index (κ3) is 3.93. The van der Waals surface area contributed by atoms with Crippen LogP contribution in [0.2, 0.25) is 0 Å². The highest BCUT2D eigenvalue weighted by molar-refractivity contribution is 5.93. The van der Waals surface area contributed by atoms with Gasteiger partial charge < -0.3 is 18.6 Å². The molecule has 0 bridgehead atoms. The molecule has 0 aromatic carbocycles. The van der Waals surface area contributed by atoms with Gasteiger partial charge in [-0.3, -0.25) is 24.1 Å². The molecule has 1 saturated heterocycles. The number of carbonyl (C=O) groups is 4. The van der Waals surface area contributed by atoms with Crippen LogP contribution in [0.3, 0.4) is 0 Å². The van der Waals surface area contributed by atoms with E-state index in [4.69, 9.17) is 18.6 Å². The first kappa shape index (κ1) is 24.4. The van der Waals surface area contributed by atoms with Crippen molar-refractivity contribution < 1.29 is 37.8 Å². The van der Waals surface area contributed by atoms with Gasteiger partial charge in [0, 0.05) is 17.9 Å². The van der Waals surface area contributed by atoms with Gasteiger partial charge in [0.2, 0.25) is 0 Å². The van der Waals surface area contributed by atoms with Crippen molar-refractivity contribution in [3.63, 3.8) is 0 Å². The highest BCUT2D eigenvalue weighted by Crippen LogP contribution is 2.65. The van der Waals surface area contributed by atoms with E-state index < -0.39 is 52.7 Å². The van der Waals surface area contributed by atoms with Crippen molar-refractivity contribution in [1.29, 1.82) is 0 Å². The number of rotatable bonds is 5. The fourth-order valence-corrected chi connectivity index (χ4v) is 6.72. The van der Waals surface area contributed by atoms with E-state index >= 15 is 0 Å². The molecule has 2 heterocycles. The normalized spacial score (nSPS) is 37.4. The second kappa shape index (κ2) is 8.83. The van der Waals surface area contributed by atoms with Crippen LogP contribution >= 0.6 is 0 Å². The van der Waals surface area contributed by atoms with Crippen LogP contribution in [0.15, 0.2) is 23.0 Å². The molecule has 34 heavy (non-hydrogen) atoms. The van der Waals surface area contributed by atoms with E-state index in [2.05, 4.69) is 0 Å². The van der Waals surface area contributed by atoms with Crippen molar-refractivity contribution >= 4 is 23.7 Å². The smallest absolute Gasteiger partial charge is 0.320 e. The predicted molar refractivity (Wildman–Crippen MR) is 118 cm³/mol. The number of carbonyl (C=O) groups excluding carboxylic acids is 4. The van der Waals surface area contributed by atoms with Gasteiger partial charge in [-0.05, 0) is 50.3 Å². The van der Waals surface area contributed by atoms with E-state index in [1.165, 1.54) is 19.6 Å². The molecule has 2 aliphatic carbocycles. The second-order valence-electron chi connectivity index (χ2n) is 10.7. The number of hydrogen-bond acceptors (Lipinski definition) is 9. The summed E-state index contributed by atoms with van der Waals surface area (Å²) in [6.07, 6.45) is 2.90. The molecule has 0 radical (unpaired) electrons. The van der Waals surface area contributed by atoms with E-state index in [1.807, 2.05) is 13.8 Å². The van der Waals surface area contributed by atoms with Crippen molar-refractivity contribution in [1.82, 2.24) is 4.90 Å². The molecule has 0 amide bonds. The quantitative estimate of drug-likeness (QED) is 0.468. The van der Waals surface area contributed by atoms with Gasteiger partial charge in [0.05, 0.1) is 38.0 Å². The minimum absolute atomic E-state index is 0.0172. The Bertz CT molecular complexity index is 972. The van der Waals surface area contributed by atoms with Gasteiger partial charge in [-0.1, -0.05) is 13.8 Å². The molecule has 9 nitrogen and oxygen atoms in total. The lowest BCUT2D eigenvalue weighted by molar-refractivity contribution is -0.210. The molecular weight excluding hydrogens is 442 g/mol. The Morgan fingerprint density at radius 3 is 2.56 bits per heavy atom. The molecule has 1 aliphatic heterocycles. The number of fused-ring (bicyclic) bond motifs is 3. The van der Waals surface area contributed by atoms with Gasteiger partial charge in [0.25, 0.3) is 0 Å². The lowest BCUT2D eigenvalue weighted by Gasteiger charge is -2.61. The van der Waals surface area contributed by atoms with Crippen LogP contribution in [0.1, 0.15) is 51.2 Å². The molecular formula is C25H33NO8. The Hall–Kier alpha value is -2.68. The second-order valence-corrected chi connectivity index (χ2v) is 10.7. The van der Waals surface area contributed by atoms with E-state index in [-0.39, 0.29) is 24.7 Å². The van der Waals surface area contributed by atoms with Gasteiger partial charge in [0.1, 0.15) is 6.10 Å². The van der Waals surface area contributed by atoms with E-state index in [9.17, 15) is 19.2 Å². The molecule has 1 aromatic heterocycles. The number of Topliss-reactive ketones (excluding diaryl/α,β-unsaturated/α-hetero) is 1. The van der Waals surface area contributed by atoms with Crippen LogP contribution in [-0.4, -0.2) is 62.4 Å². The average Bonchev–Trinajstić information content (AvgIpc) is 3.28. The number of nitrogens with zero attached hydrogens (tertiary/aromatic N) is 1. The molecule has 3 fully saturated rings. The number of esters is 3. The summed E-state index contributed by atoms with van der Waals surface area (Å²) in [6, 6.07) is 1.75. The summed E-state index contributed by atoms with van der Waals surface area (Å²) >= 11 is 0. The Labute approximate surface area is 199 Å². The van der Waals surface area contributed by atoms with Crippen molar-refractivity contribution in [2.45, 2.75) is 51.7 Å². The highest BCUT2D eigenvalue weighted by Gasteiger charge is 2.67. The number of likely N-dealkylation sites (N-methyl/N-ethyl adjacent to an activating group) is 1. The minimum atomic E-state index is -1.07. The topological polar surface area (TPSA) is 112 Å². The van der Waals surface area contributed by atoms with Crippen LogP contribution in [0.4, 0.5) is 0 Å². The number of ketones is 1. The molecule has 3 aliphatic rings. The summed E-state index contributed by atoms with van der Waals surface area (Å²) in [7, 11) is 4.79. The fourth-order valence-electron chi connectivity index (χ4n) is 6.72. The first-order valence-electron chi connectivity index (χ1n) is 11.7. The largest absolute Gasteiger partial charge is 0.472 e. The van der Waals surface area contributed by atoms with E-state index in [1.54, 1.807) is 25.1 Å². The maximum atomic E-state index is 14.0. The summed E-state index contributed by atoms with van der Waals surface area (Å²) in [5.41, 5.74) is -0.805.